The normalized spacial score (nSPS) is 31.8. The summed E-state index contributed by atoms with van der Waals surface area (Å²) in [6.07, 6.45) is -0.109. The van der Waals surface area contributed by atoms with Crippen molar-refractivity contribution in [2.45, 2.75) is 76.0 Å². The van der Waals surface area contributed by atoms with Crippen LogP contribution in [0.15, 0.2) is 36.4 Å². The van der Waals surface area contributed by atoms with Gasteiger partial charge in [-0.15, -0.1) is 0 Å². The highest BCUT2D eigenvalue weighted by Gasteiger charge is 2.77. The van der Waals surface area contributed by atoms with Gasteiger partial charge in [0.15, 0.2) is 8.32 Å². The second kappa shape index (κ2) is 7.96. The third kappa shape index (κ3) is 3.33. The van der Waals surface area contributed by atoms with Crippen molar-refractivity contribution < 1.29 is 23.9 Å². The number of benzene rings is 2. The van der Waals surface area contributed by atoms with Gasteiger partial charge < -0.3 is 14.3 Å². The molecule has 3 aliphatic rings. The number of rotatable bonds is 5. The third-order valence-electron chi connectivity index (χ3n) is 9.17. The van der Waals surface area contributed by atoms with Gasteiger partial charge in [-0.3, -0.25) is 9.59 Å². The van der Waals surface area contributed by atoms with Crippen LogP contribution in [0, 0.1) is 23.2 Å². The van der Waals surface area contributed by atoms with E-state index in [9.17, 15) is 20.0 Å². The van der Waals surface area contributed by atoms with Crippen LogP contribution in [0.25, 0.3) is 10.8 Å². The maximum atomic E-state index is 14.0. The Morgan fingerprint density at radius 1 is 1.14 bits per heavy atom. The first-order chi connectivity index (χ1) is 16.8. The summed E-state index contributed by atoms with van der Waals surface area (Å²) in [4.78, 5) is 29.1. The number of carbonyl (C=O) groups is 2. The summed E-state index contributed by atoms with van der Waals surface area (Å²) in [6.45, 7) is 13.0. The molecule has 36 heavy (non-hydrogen) atoms. The molecular formula is C28H34N2O5Si. The zero-order chi connectivity index (χ0) is 26.3. The van der Waals surface area contributed by atoms with Crippen LogP contribution >= 0.6 is 0 Å². The number of ether oxygens (including phenoxy) is 1. The number of carbonyl (C=O) groups excluding carboxylic acids is 2. The summed E-state index contributed by atoms with van der Waals surface area (Å²) in [5, 5.41) is 22.0. The molecule has 5 atom stereocenters. The van der Waals surface area contributed by atoms with Gasteiger partial charge in [0.25, 0.3) is 0 Å². The summed E-state index contributed by atoms with van der Waals surface area (Å²) >= 11 is 0. The molecule has 2 aromatic rings. The Balaban J connectivity index is 1.52. The van der Waals surface area contributed by atoms with Gasteiger partial charge in [-0.2, -0.15) is 5.26 Å². The van der Waals surface area contributed by atoms with Gasteiger partial charge in [-0.05, 0) is 43.6 Å². The Morgan fingerprint density at radius 2 is 1.78 bits per heavy atom. The Bertz CT molecular complexity index is 1310. The fourth-order valence-electron chi connectivity index (χ4n) is 6.13. The van der Waals surface area contributed by atoms with Crippen LogP contribution in [-0.2, 0) is 18.8 Å². The molecule has 0 unspecified atom stereocenters. The molecular weight excluding hydrogens is 472 g/mol. The zero-order valence-corrected chi connectivity index (χ0v) is 22.8. The average Bonchev–Trinajstić information content (AvgIpc) is 3.33. The molecule has 0 spiro atoms. The van der Waals surface area contributed by atoms with Gasteiger partial charge in [0.1, 0.15) is 5.60 Å². The van der Waals surface area contributed by atoms with Gasteiger partial charge in [-0.25, -0.2) is 4.90 Å². The van der Waals surface area contributed by atoms with E-state index in [1.807, 2.05) is 24.3 Å². The Hall–Kier alpha value is -2.57. The number of amides is 2. The number of imide groups is 1. The Morgan fingerprint density at radius 3 is 2.42 bits per heavy atom. The van der Waals surface area contributed by atoms with Crippen LogP contribution in [0.5, 0.6) is 0 Å². The third-order valence-corrected chi connectivity index (χ3v) is 13.7. The second-order valence-electron chi connectivity index (χ2n) is 12.2. The Kier molecular flexibility index (Phi) is 5.55. The van der Waals surface area contributed by atoms with Crippen LogP contribution in [0.1, 0.15) is 46.1 Å². The summed E-state index contributed by atoms with van der Waals surface area (Å²) < 4.78 is 12.9. The molecule has 0 aromatic heterocycles. The van der Waals surface area contributed by atoms with Crippen molar-refractivity contribution in [3.05, 3.63) is 42.0 Å². The fourth-order valence-corrected chi connectivity index (χ4v) is 7.18. The molecule has 3 saturated heterocycles. The second-order valence-corrected chi connectivity index (χ2v) is 17.0. The molecule has 3 heterocycles. The average molecular weight is 507 g/mol. The maximum Gasteiger partial charge on any atom is 0.240 e. The van der Waals surface area contributed by atoms with Gasteiger partial charge in [0.2, 0.25) is 11.8 Å². The lowest BCUT2D eigenvalue weighted by Crippen LogP contribution is -2.50. The van der Waals surface area contributed by atoms with Crippen molar-refractivity contribution in [2.75, 3.05) is 11.5 Å². The van der Waals surface area contributed by atoms with E-state index in [4.69, 9.17) is 9.16 Å². The van der Waals surface area contributed by atoms with Crippen molar-refractivity contribution in [3.8, 4) is 6.07 Å². The van der Waals surface area contributed by atoms with Gasteiger partial charge in [-0.1, -0.05) is 45.0 Å². The monoisotopic (exact) mass is 506 g/mol. The van der Waals surface area contributed by atoms with E-state index in [1.165, 1.54) is 4.90 Å². The molecule has 5 rings (SSSR count). The predicted molar refractivity (Wildman–Crippen MR) is 139 cm³/mol. The highest BCUT2D eigenvalue weighted by atomic mass is 28.4. The van der Waals surface area contributed by atoms with E-state index >= 15 is 0 Å². The van der Waals surface area contributed by atoms with Crippen molar-refractivity contribution in [3.63, 3.8) is 0 Å². The van der Waals surface area contributed by atoms with Gasteiger partial charge in [0, 0.05) is 23.8 Å². The van der Waals surface area contributed by atoms with Crippen LogP contribution in [0.3, 0.4) is 0 Å². The highest BCUT2D eigenvalue weighted by molar-refractivity contribution is 6.74. The molecule has 0 radical (unpaired) electrons. The smallest absolute Gasteiger partial charge is 0.240 e. The molecule has 3 aliphatic heterocycles. The summed E-state index contributed by atoms with van der Waals surface area (Å²) in [7, 11) is -2.02. The maximum absolute atomic E-state index is 14.0. The fraction of sp³-hybridized carbons (Fsp3) is 0.536. The molecule has 7 nitrogen and oxygen atoms in total. The number of hydrogen-bond donors (Lipinski definition) is 1. The molecule has 2 bridgehead atoms. The minimum atomic E-state index is -2.02. The van der Waals surface area contributed by atoms with Crippen molar-refractivity contribution >= 4 is 36.6 Å². The van der Waals surface area contributed by atoms with Crippen LogP contribution in [0.4, 0.5) is 5.69 Å². The highest BCUT2D eigenvalue weighted by Crippen LogP contribution is 2.62. The molecule has 0 aliphatic carbocycles. The lowest BCUT2D eigenvalue weighted by molar-refractivity contribution is -0.134. The van der Waals surface area contributed by atoms with E-state index in [0.29, 0.717) is 41.5 Å². The molecule has 0 saturated carbocycles. The van der Waals surface area contributed by atoms with E-state index in [0.717, 1.165) is 0 Å². The predicted octanol–water partition coefficient (Wildman–Crippen LogP) is 4.52. The van der Waals surface area contributed by atoms with Crippen molar-refractivity contribution in [1.82, 2.24) is 0 Å². The number of aliphatic hydroxyl groups excluding tert-OH is 1. The SMILES string of the molecule is CC(C)(C)[Si](C)(C)OCC[C@]12C[C@H](O)[C@](C)(O1)[C@@H]1C(=O)N(c3ccc(C#N)c4ccccc34)C(=O)[C@@H]12. The van der Waals surface area contributed by atoms with E-state index < -0.39 is 37.5 Å². The summed E-state index contributed by atoms with van der Waals surface area (Å²) in [5.41, 5.74) is -1.13. The summed E-state index contributed by atoms with van der Waals surface area (Å²) in [6, 6.07) is 12.8. The molecule has 8 heteroatoms. The van der Waals surface area contributed by atoms with Crippen molar-refractivity contribution in [2.24, 2.45) is 11.8 Å². The number of anilines is 1. The number of nitriles is 1. The minimum Gasteiger partial charge on any atom is -0.417 e. The molecule has 2 amide bonds. The molecule has 3 fully saturated rings. The molecule has 1 N–H and O–H groups in total. The van der Waals surface area contributed by atoms with E-state index in [-0.39, 0.29) is 16.9 Å². The minimum absolute atomic E-state index is 0.0417. The first-order valence-electron chi connectivity index (χ1n) is 12.6. The number of nitrogens with zero attached hydrogens (tertiary/aromatic N) is 2. The number of aliphatic hydroxyl groups is 1. The first-order valence-corrected chi connectivity index (χ1v) is 15.5. The standard InChI is InChI=1S/C28H34N2O5Si/c1-26(2,3)36(5,6)34-14-13-28-15-21(31)27(4,35-28)22-23(28)25(33)30(24(22)32)20-12-11-17(16-29)18-9-7-8-10-19(18)20/h7-12,21-23,31H,13-15H2,1-6H3/t21-,22-,23+,27-,28+/m0/s1. The Labute approximate surface area is 213 Å². The van der Waals surface area contributed by atoms with Crippen LogP contribution in [0.2, 0.25) is 18.1 Å². The lowest BCUT2D eigenvalue weighted by Gasteiger charge is -2.38. The van der Waals surface area contributed by atoms with Gasteiger partial charge in [0.05, 0.1) is 40.9 Å². The van der Waals surface area contributed by atoms with Gasteiger partial charge >= 0.3 is 0 Å². The largest absolute Gasteiger partial charge is 0.417 e. The lowest BCUT2D eigenvalue weighted by atomic mass is 9.66. The number of fused-ring (bicyclic) bond motifs is 6. The van der Waals surface area contributed by atoms with Crippen molar-refractivity contribution in [1.29, 1.82) is 5.26 Å². The zero-order valence-electron chi connectivity index (χ0n) is 21.8. The van der Waals surface area contributed by atoms with E-state index in [1.54, 1.807) is 19.1 Å². The summed E-state index contributed by atoms with van der Waals surface area (Å²) in [5.74, 6) is -2.11. The van der Waals surface area contributed by atoms with Crippen LogP contribution in [-0.4, -0.2) is 49.2 Å². The van der Waals surface area contributed by atoms with Crippen LogP contribution < -0.4 is 4.90 Å². The first kappa shape index (κ1) is 25.1. The molecule has 190 valence electrons. The quantitative estimate of drug-likeness (QED) is 0.473. The molecule has 2 aromatic carbocycles. The topological polar surface area (TPSA) is 99.9 Å². The van der Waals surface area contributed by atoms with E-state index in [2.05, 4.69) is 39.9 Å². The number of hydrogen-bond acceptors (Lipinski definition) is 6.